The molecule has 22 heavy (non-hydrogen) atoms. The average molecular weight is 364 g/mol. The molecule has 1 aliphatic rings. The van der Waals surface area contributed by atoms with Crippen molar-refractivity contribution < 1.29 is 9.59 Å². The first-order valence-corrected chi connectivity index (χ1v) is 8.26. The molecule has 2 amide bonds. The maximum atomic E-state index is 12.5. The minimum Gasteiger partial charge on any atom is -0.352 e. The second-order valence-corrected chi connectivity index (χ2v) is 6.81. The first kappa shape index (κ1) is 17.4. The molecule has 4 nitrogen and oxygen atoms in total. The van der Waals surface area contributed by atoms with Crippen LogP contribution in [0.15, 0.2) is 18.2 Å². The van der Waals surface area contributed by atoms with Crippen molar-refractivity contribution in [2.75, 3.05) is 13.1 Å². The van der Waals surface area contributed by atoms with Gasteiger partial charge in [-0.25, -0.2) is 0 Å². The van der Waals surface area contributed by atoms with Crippen LogP contribution in [0.5, 0.6) is 0 Å². The SMILES string of the molecule is CC(Cl)C(=O)NC1CCN(C(=O)c2cc(Cl)ccc2Cl)CC1. The summed E-state index contributed by atoms with van der Waals surface area (Å²) in [4.78, 5) is 25.8. The van der Waals surface area contributed by atoms with Crippen molar-refractivity contribution in [3.63, 3.8) is 0 Å². The molecule has 1 aliphatic heterocycles. The first-order chi connectivity index (χ1) is 10.4. The highest BCUT2D eigenvalue weighted by Crippen LogP contribution is 2.23. The van der Waals surface area contributed by atoms with E-state index in [9.17, 15) is 9.59 Å². The number of nitrogens with zero attached hydrogens (tertiary/aromatic N) is 1. The van der Waals surface area contributed by atoms with Crippen LogP contribution in [-0.2, 0) is 4.79 Å². The van der Waals surface area contributed by atoms with Gasteiger partial charge in [-0.2, -0.15) is 0 Å². The molecule has 1 saturated heterocycles. The third-order valence-corrected chi connectivity index (χ3v) is 4.41. The normalized spacial score (nSPS) is 17.2. The molecule has 0 radical (unpaired) electrons. The molecule has 0 aromatic heterocycles. The van der Waals surface area contributed by atoms with Gasteiger partial charge in [0, 0.05) is 24.2 Å². The average Bonchev–Trinajstić information content (AvgIpc) is 2.49. The number of hydrogen-bond acceptors (Lipinski definition) is 2. The van der Waals surface area contributed by atoms with Crippen LogP contribution < -0.4 is 5.32 Å². The fourth-order valence-electron chi connectivity index (χ4n) is 2.37. The molecule has 1 aromatic carbocycles. The third-order valence-electron chi connectivity index (χ3n) is 3.65. The number of likely N-dealkylation sites (tertiary alicyclic amines) is 1. The van der Waals surface area contributed by atoms with E-state index in [2.05, 4.69) is 5.32 Å². The van der Waals surface area contributed by atoms with Crippen molar-refractivity contribution in [1.82, 2.24) is 10.2 Å². The Bertz CT molecular complexity index is 570. The lowest BCUT2D eigenvalue weighted by Crippen LogP contribution is -2.47. The second kappa shape index (κ2) is 7.53. The van der Waals surface area contributed by atoms with Crippen LogP contribution in [0.3, 0.4) is 0 Å². The molecular formula is C15H17Cl3N2O2. The lowest BCUT2D eigenvalue weighted by Gasteiger charge is -2.32. The fourth-order valence-corrected chi connectivity index (χ4v) is 2.81. The molecular weight excluding hydrogens is 347 g/mol. The van der Waals surface area contributed by atoms with E-state index in [1.54, 1.807) is 30.0 Å². The summed E-state index contributed by atoms with van der Waals surface area (Å²) in [6.07, 6.45) is 1.39. The van der Waals surface area contributed by atoms with E-state index in [1.165, 1.54) is 0 Å². The molecule has 7 heteroatoms. The number of carbonyl (C=O) groups is 2. The molecule has 0 spiro atoms. The minimum absolute atomic E-state index is 0.0487. The quantitative estimate of drug-likeness (QED) is 0.837. The molecule has 0 bridgehead atoms. The zero-order valence-electron chi connectivity index (χ0n) is 12.1. The van der Waals surface area contributed by atoms with Crippen LogP contribution in [0, 0.1) is 0 Å². The summed E-state index contributed by atoms with van der Waals surface area (Å²) >= 11 is 17.7. The van der Waals surface area contributed by atoms with Gasteiger partial charge >= 0.3 is 0 Å². The van der Waals surface area contributed by atoms with Crippen molar-refractivity contribution in [2.24, 2.45) is 0 Å². The van der Waals surface area contributed by atoms with Gasteiger partial charge in [0.1, 0.15) is 5.38 Å². The summed E-state index contributed by atoms with van der Waals surface area (Å²) in [6.45, 7) is 2.75. The molecule has 1 aromatic rings. The van der Waals surface area contributed by atoms with E-state index in [1.807, 2.05) is 0 Å². The standard InChI is InChI=1S/C15H17Cl3N2O2/c1-9(16)14(21)19-11-4-6-20(7-5-11)15(22)12-8-10(17)2-3-13(12)18/h2-3,8-9,11H,4-7H2,1H3,(H,19,21). The predicted octanol–water partition coefficient (Wildman–Crippen LogP) is 3.34. The molecule has 1 unspecified atom stereocenters. The van der Waals surface area contributed by atoms with Gasteiger partial charge in [0.15, 0.2) is 0 Å². The number of alkyl halides is 1. The van der Waals surface area contributed by atoms with E-state index >= 15 is 0 Å². The highest BCUT2D eigenvalue weighted by molar-refractivity contribution is 6.35. The summed E-state index contributed by atoms with van der Waals surface area (Å²) in [7, 11) is 0. The Kier molecular flexibility index (Phi) is 5.95. The van der Waals surface area contributed by atoms with Gasteiger partial charge in [-0.15, -0.1) is 11.6 Å². The molecule has 1 heterocycles. The number of carbonyl (C=O) groups excluding carboxylic acids is 2. The molecule has 0 saturated carbocycles. The summed E-state index contributed by atoms with van der Waals surface area (Å²) in [5, 5.41) is 3.20. The van der Waals surface area contributed by atoms with E-state index < -0.39 is 5.38 Å². The fraction of sp³-hybridized carbons (Fsp3) is 0.467. The van der Waals surface area contributed by atoms with Crippen LogP contribution in [0.1, 0.15) is 30.1 Å². The highest BCUT2D eigenvalue weighted by atomic mass is 35.5. The Morgan fingerprint density at radius 1 is 1.27 bits per heavy atom. The Hall–Kier alpha value is -0.970. The second-order valence-electron chi connectivity index (χ2n) is 5.32. The Balaban J connectivity index is 1.95. The summed E-state index contributed by atoms with van der Waals surface area (Å²) < 4.78 is 0. The number of hydrogen-bond donors (Lipinski definition) is 1. The van der Waals surface area contributed by atoms with Gasteiger partial charge in [0.2, 0.25) is 5.91 Å². The molecule has 1 atom stereocenters. The number of rotatable bonds is 3. The molecule has 120 valence electrons. The Morgan fingerprint density at radius 3 is 2.50 bits per heavy atom. The monoisotopic (exact) mass is 362 g/mol. The summed E-state index contributed by atoms with van der Waals surface area (Å²) in [5.41, 5.74) is 0.408. The Morgan fingerprint density at radius 2 is 1.91 bits per heavy atom. The van der Waals surface area contributed by atoms with Crippen molar-refractivity contribution in [1.29, 1.82) is 0 Å². The van der Waals surface area contributed by atoms with E-state index in [0.29, 0.717) is 41.5 Å². The number of benzene rings is 1. The topological polar surface area (TPSA) is 49.4 Å². The Labute approximate surface area is 144 Å². The van der Waals surface area contributed by atoms with Crippen molar-refractivity contribution in [3.05, 3.63) is 33.8 Å². The van der Waals surface area contributed by atoms with Crippen LogP contribution in [0.25, 0.3) is 0 Å². The predicted molar refractivity (Wildman–Crippen MR) is 88.8 cm³/mol. The van der Waals surface area contributed by atoms with E-state index in [4.69, 9.17) is 34.8 Å². The number of halogens is 3. The number of amides is 2. The van der Waals surface area contributed by atoms with Gasteiger partial charge < -0.3 is 10.2 Å². The van der Waals surface area contributed by atoms with Gasteiger partial charge in [0.05, 0.1) is 10.6 Å². The summed E-state index contributed by atoms with van der Waals surface area (Å²) in [6, 6.07) is 4.89. The van der Waals surface area contributed by atoms with Crippen molar-refractivity contribution in [2.45, 2.75) is 31.2 Å². The number of nitrogens with one attached hydrogen (secondary N) is 1. The van der Waals surface area contributed by atoms with Crippen LogP contribution in [0.2, 0.25) is 10.0 Å². The lowest BCUT2D eigenvalue weighted by molar-refractivity contribution is -0.121. The van der Waals surface area contributed by atoms with Gasteiger partial charge in [0.25, 0.3) is 5.91 Å². The molecule has 1 fully saturated rings. The van der Waals surface area contributed by atoms with Gasteiger partial charge in [-0.3, -0.25) is 9.59 Å². The smallest absolute Gasteiger partial charge is 0.255 e. The molecule has 2 rings (SSSR count). The largest absolute Gasteiger partial charge is 0.352 e. The van der Waals surface area contributed by atoms with E-state index in [-0.39, 0.29) is 17.9 Å². The zero-order chi connectivity index (χ0) is 16.3. The third kappa shape index (κ3) is 4.28. The lowest BCUT2D eigenvalue weighted by atomic mass is 10.0. The summed E-state index contributed by atoms with van der Waals surface area (Å²) in [5.74, 6) is -0.313. The van der Waals surface area contributed by atoms with Crippen LogP contribution >= 0.6 is 34.8 Å². The maximum Gasteiger partial charge on any atom is 0.255 e. The zero-order valence-corrected chi connectivity index (χ0v) is 14.4. The van der Waals surface area contributed by atoms with Gasteiger partial charge in [-0.1, -0.05) is 23.2 Å². The maximum absolute atomic E-state index is 12.5. The van der Waals surface area contributed by atoms with Crippen LogP contribution in [-0.4, -0.2) is 41.2 Å². The van der Waals surface area contributed by atoms with E-state index in [0.717, 1.165) is 0 Å². The van der Waals surface area contributed by atoms with Gasteiger partial charge in [-0.05, 0) is 38.0 Å². The molecule has 1 N–H and O–H groups in total. The van der Waals surface area contributed by atoms with Crippen molar-refractivity contribution >= 4 is 46.6 Å². The number of piperidine rings is 1. The molecule has 0 aliphatic carbocycles. The van der Waals surface area contributed by atoms with Crippen LogP contribution in [0.4, 0.5) is 0 Å². The minimum atomic E-state index is -0.551. The highest BCUT2D eigenvalue weighted by Gasteiger charge is 2.26. The van der Waals surface area contributed by atoms with Crippen molar-refractivity contribution in [3.8, 4) is 0 Å². The first-order valence-electron chi connectivity index (χ1n) is 7.07.